The van der Waals surface area contributed by atoms with Gasteiger partial charge in [-0.25, -0.2) is 5.43 Å². The molecule has 0 aliphatic carbocycles. The minimum absolute atomic E-state index is 0.0753. The van der Waals surface area contributed by atoms with Gasteiger partial charge >= 0.3 is 0 Å². The molecule has 0 radical (unpaired) electrons. The van der Waals surface area contributed by atoms with Gasteiger partial charge in [0.15, 0.2) is 5.69 Å². The Balaban J connectivity index is 1.68. The quantitative estimate of drug-likeness (QED) is 0.457. The van der Waals surface area contributed by atoms with Crippen molar-refractivity contribution in [3.05, 3.63) is 57.0 Å². The van der Waals surface area contributed by atoms with Crippen LogP contribution in [-0.4, -0.2) is 27.4 Å². The van der Waals surface area contributed by atoms with Crippen LogP contribution in [0.5, 0.6) is 5.75 Å². The normalized spacial score (nSPS) is 11.1. The highest BCUT2D eigenvalue weighted by Gasteiger charge is 2.11. The Morgan fingerprint density at radius 3 is 2.96 bits per heavy atom. The number of halogens is 1. The zero-order valence-electron chi connectivity index (χ0n) is 12.6. The van der Waals surface area contributed by atoms with Crippen LogP contribution >= 0.6 is 27.3 Å². The second-order valence-corrected chi connectivity index (χ2v) is 7.18. The van der Waals surface area contributed by atoms with Crippen molar-refractivity contribution in [2.75, 3.05) is 0 Å². The van der Waals surface area contributed by atoms with Crippen molar-refractivity contribution in [3.8, 4) is 16.3 Å². The fraction of sp³-hybridized carbons (Fsp3) is 0.0625. The molecule has 8 heteroatoms. The van der Waals surface area contributed by atoms with Gasteiger partial charge in [-0.1, -0.05) is 15.9 Å². The summed E-state index contributed by atoms with van der Waals surface area (Å²) in [5.74, 6) is -0.358. The Morgan fingerprint density at radius 1 is 1.38 bits per heavy atom. The van der Waals surface area contributed by atoms with Crippen LogP contribution in [0.1, 0.15) is 20.9 Å². The highest BCUT2D eigenvalue weighted by atomic mass is 79.9. The van der Waals surface area contributed by atoms with Crippen molar-refractivity contribution in [3.63, 3.8) is 0 Å². The number of thiophene rings is 1. The van der Waals surface area contributed by atoms with Crippen molar-refractivity contribution in [1.82, 2.24) is 15.6 Å². The van der Waals surface area contributed by atoms with Gasteiger partial charge in [-0.2, -0.15) is 10.2 Å². The maximum Gasteiger partial charge on any atom is 0.291 e. The summed E-state index contributed by atoms with van der Waals surface area (Å²) < 4.78 is 0.802. The first kappa shape index (κ1) is 16.4. The second kappa shape index (κ2) is 6.98. The van der Waals surface area contributed by atoms with Crippen molar-refractivity contribution < 1.29 is 9.90 Å². The first-order chi connectivity index (χ1) is 11.5. The van der Waals surface area contributed by atoms with E-state index >= 15 is 0 Å². The molecule has 1 amide bonds. The number of phenolic OH excluding ortho intramolecular Hbond substituents is 1. The van der Waals surface area contributed by atoms with Crippen LogP contribution in [0.2, 0.25) is 0 Å². The molecule has 0 spiro atoms. The van der Waals surface area contributed by atoms with Gasteiger partial charge in [-0.15, -0.1) is 11.3 Å². The van der Waals surface area contributed by atoms with Crippen molar-refractivity contribution in [1.29, 1.82) is 0 Å². The smallest absolute Gasteiger partial charge is 0.291 e. The first-order valence-corrected chi connectivity index (χ1v) is 8.58. The molecule has 2 aromatic heterocycles. The van der Waals surface area contributed by atoms with Gasteiger partial charge in [-0.05, 0) is 43.3 Å². The highest BCUT2D eigenvalue weighted by Crippen LogP contribution is 2.26. The van der Waals surface area contributed by atoms with E-state index in [4.69, 9.17) is 0 Å². The van der Waals surface area contributed by atoms with Crippen LogP contribution in [0, 0.1) is 6.92 Å². The molecule has 3 N–H and O–H groups in total. The first-order valence-electron chi connectivity index (χ1n) is 6.97. The van der Waals surface area contributed by atoms with Gasteiger partial charge in [0.25, 0.3) is 5.91 Å². The number of aromatic amines is 1. The van der Waals surface area contributed by atoms with Crippen molar-refractivity contribution >= 4 is 39.4 Å². The number of aromatic hydroxyl groups is 1. The third-order valence-corrected chi connectivity index (χ3v) is 4.70. The van der Waals surface area contributed by atoms with E-state index in [9.17, 15) is 9.90 Å². The van der Waals surface area contributed by atoms with Crippen LogP contribution in [0.3, 0.4) is 0 Å². The van der Waals surface area contributed by atoms with Crippen LogP contribution in [0.15, 0.2) is 46.0 Å². The summed E-state index contributed by atoms with van der Waals surface area (Å²) in [5.41, 5.74) is 3.90. The van der Waals surface area contributed by atoms with E-state index in [2.05, 4.69) is 36.7 Å². The van der Waals surface area contributed by atoms with Gasteiger partial charge < -0.3 is 5.11 Å². The summed E-state index contributed by atoms with van der Waals surface area (Å²) in [5, 5.41) is 20.4. The number of H-pyrrole nitrogens is 1. The Hall–Kier alpha value is -2.45. The Labute approximate surface area is 150 Å². The molecule has 0 bridgehead atoms. The molecule has 0 fully saturated rings. The lowest BCUT2D eigenvalue weighted by Gasteiger charge is -1.99. The molecular weight excluding hydrogens is 392 g/mol. The number of aryl methyl sites for hydroxylation is 1. The Kier molecular flexibility index (Phi) is 4.77. The molecule has 24 heavy (non-hydrogen) atoms. The average Bonchev–Trinajstić information content (AvgIpc) is 3.19. The molecule has 3 rings (SSSR count). The number of hydrazone groups is 1. The Morgan fingerprint density at radius 2 is 2.21 bits per heavy atom. The molecule has 0 saturated heterocycles. The van der Waals surface area contributed by atoms with Gasteiger partial charge in [0, 0.05) is 14.9 Å². The predicted molar refractivity (Wildman–Crippen MR) is 97.5 cm³/mol. The van der Waals surface area contributed by atoms with E-state index in [0.717, 1.165) is 15.0 Å². The molecule has 0 aliphatic rings. The molecular formula is C16H13BrN4O2S. The molecule has 122 valence electrons. The number of hydrogen-bond donors (Lipinski definition) is 3. The van der Waals surface area contributed by atoms with Gasteiger partial charge in [0.1, 0.15) is 5.75 Å². The highest BCUT2D eigenvalue weighted by molar-refractivity contribution is 9.10. The largest absolute Gasteiger partial charge is 0.507 e. The maximum absolute atomic E-state index is 12.1. The standard InChI is InChI=1S/C16H13BrN4O2S/c1-9-2-5-15(24-9)12-7-13(20-19-12)16(23)21-18-8-10-6-11(17)3-4-14(10)22/h2-8,22H,1H3,(H,19,20)(H,21,23). The van der Waals surface area contributed by atoms with Crippen LogP contribution in [0.4, 0.5) is 0 Å². The predicted octanol–water partition coefficient (Wildman–Crippen LogP) is 3.68. The lowest BCUT2D eigenvalue weighted by molar-refractivity contribution is 0.0950. The molecule has 0 saturated carbocycles. The molecule has 6 nitrogen and oxygen atoms in total. The number of carbonyl (C=O) groups is 1. The van der Waals surface area contributed by atoms with Crippen LogP contribution < -0.4 is 5.43 Å². The topological polar surface area (TPSA) is 90.4 Å². The SMILES string of the molecule is Cc1ccc(-c2cc(C(=O)NN=Cc3cc(Br)ccc3O)n[nH]2)s1. The Bertz CT molecular complexity index is 916. The summed E-state index contributed by atoms with van der Waals surface area (Å²) in [6.45, 7) is 2.02. The number of hydrogen-bond acceptors (Lipinski definition) is 5. The number of benzene rings is 1. The maximum atomic E-state index is 12.1. The third-order valence-electron chi connectivity index (χ3n) is 3.18. The summed E-state index contributed by atoms with van der Waals surface area (Å²) >= 11 is 4.93. The average molecular weight is 405 g/mol. The van der Waals surface area contributed by atoms with E-state index in [1.165, 1.54) is 17.2 Å². The summed E-state index contributed by atoms with van der Waals surface area (Å²) in [6, 6.07) is 10.6. The molecule has 3 aromatic rings. The monoisotopic (exact) mass is 404 g/mol. The lowest BCUT2D eigenvalue weighted by atomic mass is 10.2. The number of aromatic nitrogens is 2. The molecule has 0 atom stereocenters. The van der Waals surface area contributed by atoms with E-state index in [0.29, 0.717) is 5.56 Å². The summed E-state index contributed by atoms with van der Waals surface area (Å²) in [7, 11) is 0. The number of nitrogens with zero attached hydrogens (tertiary/aromatic N) is 2. The minimum Gasteiger partial charge on any atom is -0.507 e. The molecule has 0 aliphatic heterocycles. The zero-order valence-corrected chi connectivity index (χ0v) is 15.0. The van der Waals surface area contributed by atoms with E-state index in [1.807, 2.05) is 19.1 Å². The fourth-order valence-corrected chi connectivity index (χ4v) is 3.20. The summed E-state index contributed by atoms with van der Waals surface area (Å²) in [6.07, 6.45) is 1.37. The van der Waals surface area contributed by atoms with Gasteiger partial charge in [0.2, 0.25) is 0 Å². The molecule has 1 aromatic carbocycles. The van der Waals surface area contributed by atoms with Gasteiger partial charge in [-0.3, -0.25) is 9.89 Å². The van der Waals surface area contributed by atoms with E-state index < -0.39 is 5.91 Å². The minimum atomic E-state index is -0.434. The number of amides is 1. The number of rotatable bonds is 4. The summed E-state index contributed by atoms with van der Waals surface area (Å²) in [4.78, 5) is 14.3. The fourth-order valence-electron chi connectivity index (χ4n) is 1.99. The van der Waals surface area contributed by atoms with Crippen molar-refractivity contribution in [2.24, 2.45) is 5.10 Å². The zero-order chi connectivity index (χ0) is 17.1. The van der Waals surface area contributed by atoms with Crippen molar-refractivity contribution in [2.45, 2.75) is 6.92 Å². The lowest BCUT2D eigenvalue weighted by Crippen LogP contribution is -2.18. The molecule has 0 unspecified atom stereocenters. The van der Waals surface area contributed by atoms with E-state index in [-0.39, 0.29) is 11.4 Å². The number of phenols is 1. The number of carbonyl (C=O) groups excluding carboxylic acids is 1. The van der Waals surface area contributed by atoms with Gasteiger partial charge in [0.05, 0.1) is 16.8 Å². The molecule has 2 heterocycles. The second-order valence-electron chi connectivity index (χ2n) is 4.98. The third kappa shape index (κ3) is 3.72. The number of nitrogens with one attached hydrogen (secondary N) is 2. The van der Waals surface area contributed by atoms with E-state index in [1.54, 1.807) is 29.5 Å². The van der Waals surface area contributed by atoms with Crippen LogP contribution in [-0.2, 0) is 0 Å². The van der Waals surface area contributed by atoms with Crippen LogP contribution in [0.25, 0.3) is 10.6 Å².